The minimum Gasteiger partial charge on any atom is -0.337 e. The van der Waals surface area contributed by atoms with E-state index in [0.717, 1.165) is 24.6 Å². The van der Waals surface area contributed by atoms with Gasteiger partial charge in [0.2, 0.25) is 0 Å². The Labute approximate surface area is 197 Å². The maximum atomic E-state index is 13.9. The van der Waals surface area contributed by atoms with Crippen molar-refractivity contribution in [2.45, 2.75) is 17.9 Å². The summed E-state index contributed by atoms with van der Waals surface area (Å²) in [5, 5.41) is 0. The number of sulfonamides is 1. The first-order valence-corrected chi connectivity index (χ1v) is 12.4. The van der Waals surface area contributed by atoms with Crippen LogP contribution in [0, 0.1) is 11.6 Å². The molecule has 1 aliphatic rings. The molecule has 0 spiro atoms. The zero-order chi connectivity index (χ0) is 24.1. The Bertz CT molecular complexity index is 1270. The first-order valence-electron chi connectivity index (χ1n) is 11.0. The molecule has 1 fully saturated rings. The van der Waals surface area contributed by atoms with Crippen molar-refractivity contribution in [1.82, 2.24) is 9.80 Å². The molecule has 178 valence electrons. The quantitative estimate of drug-likeness (QED) is 0.571. The van der Waals surface area contributed by atoms with Gasteiger partial charge in [0, 0.05) is 38.3 Å². The van der Waals surface area contributed by atoms with E-state index in [4.69, 9.17) is 0 Å². The molecule has 6 nitrogen and oxygen atoms in total. The predicted octanol–water partition coefficient (Wildman–Crippen LogP) is 4.11. The van der Waals surface area contributed by atoms with Crippen LogP contribution in [-0.4, -0.2) is 50.3 Å². The summed E-state index contributed by atoms with van der Waals surface area (Å²) in [6.45, 7) is 3.14. The van der Waals surface area contributed by atoms with E-state index in [0.29, 0.717) is 26.2 Å². The van der Waals surface area contributed by atoms with Crippen LogP contribution in [0.2, 0.25) is 0 Å². The number of amides is 1. The first kappa shape index (κ1) is 23.8. The molecule has 0 atom stereocenters. The molecule has 1 saturated heterocycles. The van der Waals surface area contributed by atoms with E-state index in [2.05, 4.69) is 9.62 Å². The van der Waals surface area contributed by atoms with Gasteiger partial charge in [0.15, 0.2) is 0 Å². The highest BCUT2D eigenvalue weighted by atomic mass is 32.2. The summed E-state index contributed by atoms with van der Waals surface area (Å²) in [4.78, 5) is 16.9. The summed E-state index contributed by atoms with van der Waals surface area (Å²) in [5.74, 6) is -1.22. The third-order valence-corrected chi connectivity index (χ3v) is 7.07. The Morgan fingerprint density at radius 1 is 0.882 bits per heavy atom. The second-order valence-electron chi connectivity index (χ2n) is 8.16. The average Bonchev–Trinajstić information content (AvgIpc) is 3.07. The molecule has 1 N–H and O–H groups in total. The SMILES string of the molecule is O=C(c1cccc(S(=O)(=O)Nc2ccccc2F)c1)N1CCCN(Cc2ccc(F)cc2)CC1. The smallest absolute Gasteiger partial charge is 0.262 e. The lowest BCUT2D eigenvalue weighted by atomic mass is 10.2. The maximum absolute atomic E-state index is 13.9. The summed E-state index contributed by atoms with van der Waals surface area (Å²) in [5.41, 5.74) is 1.10. The highest BCUT2D eigenvalue weighted by Gasteiger charge is 2.23. The molecule has 0 aliphatic carbocycles. The molecule has 9 heteroatoms. The van der Waals surface area contributed by atoms with Crippen molar-refractivity contribution in [3.05, 3.63) is 95.6 Å². The summed E-state index contributed by atoms with van der Waals surface area (Å²) < 4.78 is 54.8. The number of hydrogen-bond acceptors (Lipinski definition) is 4. The van der Waals surface area contributed by atoms with Crippen LogP contribution in [0.1, 0.15) is 22.3 Å². The van der Waals surface area contributed by atoms with Crippen LogP contribution in [0.3, 0.4) is 0 Å². The standard InChI is InChI=1S/C25H25F2N3O3S/c26-21-11-9-19(10-12-21)18-29-13-4-14-30(16-15-29)25(31)20-5-3-6-22(17-20)34(32,33)28-24-8-2-1-7-23(24)27/h1-3,5-12,17,28H,4,13-16,18H2. The largest absolute Gasteiger partial charge is 0.337 e. The van der Waals surface area contributed by atoms with Crippen LogP contribution in [0.15, 0.2) is 77.7 Å². The van der Waals surface area contributed by atoms with Gasteiger partial charge in [-0.25, -0.2) is 17.2 Å². The Kier molecular flexibility index (Phi) is 7.23. The Morgan fingerprint density at radius 2 is 1.65 bits per heavy atom. The number of halogens is 2. The molecule has 0 unspecified atom stereocenters. The fourth-order valence-corrected chi connectivity index (χ4v) is 5.02. The van der Waals surface area contributed by atoms with Crippen molar-refractivity contribution in [2.75, 3.05) is 30.9 Å². The van der Waals surface area contributed by atoms with Crippen molar-refractivity contribution in [3.8, 4) is 0 Å². The number of hydrogen-bond donors (Lipinski definition) is 1. The van der Waals surface area contributed by atoms with Gasteiger partial charge in [-0.3, -0.25) is 14.4 Å². The fourth-order valence-electron chi connectivity index (χ4n) is 3.91. The van der Waals surface area contributed by atoms with Gasteiger partial charge in [-0.05, 0) is 54.4 Å². The molecule has 0 saturated carbocycles. The molecule has 0 aromatic heterocycles. The molecule has 34 heavy (non-hydrogen) atoms. The molecular formula is C25H25F2N3O3S. The molecule has 1 aliphatic heterocycles. The number of benzene rings is 3. The van der Waals surface area contributed by atoms with Crippen molar-refractivity contribution in [2.24, 2.45) is 0 Å². The minimum atomic E-state index is -4.07. The average molecular weight is 486 g/mol. The zero-order valence-electron chi connectivity index (χ0n) is 18.5. The number of carbonyl (C=O) groups is 1. The van der Waals surface area contributed by atoms with E-state index in [1.54, 1.807) is 23.1 Å². The van der Waals surface area contributed by atoms with Gasteiger partial charge in [0.25, 0.3) is 15.9 Å². The lowest BCUT2D eigenvalue weighted by molar-refractivity contribution is 0.0761. The lowest BCUT2D eigenvalue weighted by Crippen LogP contribution is -2.35. The van der Waals surface area contributed by atoms with Gasteiger partial charge in [-0.2, -0.15) is 0 Å². The van der Waals surface area contributed by atoms with Gasteiger partial charge in [0.1, 0.15) is 11.6 Å². The van der Waals surface area contributed by atoms with Crippen molar-refractivity contribution < 1.29 is 22.0 Å². The van der Waals surface area contributed by atoms with E-state index >= 15 is 0 Å². The Balaban J connectivity index is 1.43. The Hall–Kier alpha value is -3.30. The van der Waals surface area contributed by atoms with E-state index < -0.39 is 15.8 Å². The molecule has 4 rings (SSSR count). The minimum absolute atomic E-state index is 0.116. The lowest BCUT2D eigenvalue weighted by Gasteiger charge is -2.22. The summed E-state index contributed by atoms with van der Waals surface area (Å²) >= 11 is 0. The third-order valence-electron chi connectivity index (χ3n) is 5.70. The topological polar surface area (TPSA) is 69.7 Å². The zero-order valence-corrected chi connectivity index (χ0v) is 19.3. The van der Waals surface area contributed by atoms with Crippen LogP contribution < -0.4 is 4.72 Å². The molecule has 1 heterocycles. The molecular weight excluding hydrogens is 460 g/mol. The highest BCUT2D eigenvalue weighted by Crippen LogP contribution is 2.21. The highest BCUT2D eigenvalue weighted by molar-refractivity contribution is 7.92. The first-order chi connectivity index (χ1) is 16.3. The number of para-hydroxylation sites is 1. The Morgan fingerprint density at radius 3 is 2.41 bits per heavy atom. The predicted molar refractivity (Wildman–Crippen MR) is 126 cm³/mol. The summed E-state index contributed by atoms with van der Waals surface area (Å²) in [6, 6.07) is 17.6. The van der Waals surface area contributed by atoms with Gasteiger partial charge in [0.05, 0.1) is 10.6 Å². The van der Waals surface area contributed by atoms with Crippen LogP contribution in [-0.2, 0) is 16.6 Å². The van der Waals surface area contributed by atoms with E-state index in [1.807, 2.05) is 0 Å². The van der Waals surface area contributed by atoms with Crippen LogP contribution in [0.4, 0.5) is 14.5 Å². The number of anilines is 1. The monoisotopic (exact) mass is 485 g/mol. The van der Waals surface area contributed by atoms with Crippen LogP contribution >= 0.6 is 0 Å². The normalized spacial score (nSPS) is 15.1. The van der Waals surface area contributed by atoms with Gasteiger partial charge in [-0.15, -0.1) is 0 Å². The molecule has 0 radical (unpaired) electrons. The van der Waals surface area contributed by atoms with E-state index in [-0.39, 0.29) is 27.9 Å². The molecule has 1 amide bonds. The number of nitrogens with zero attached hydrogens (tertiary/aromatic N) is 2. The molecule has 0 bridgehead atoms. The number of nitrogens with one attached hydrogen (secondary N) is 1. The number of rotatable bonds is 6. The maximum Gasteiger partial charge on any atom is 0.262 e. The van der Waals surface area contributed by atoms with E-state index in [1.165, 1.54) is 48.5 Å². The molecule has 3 aromatic rings. The van der Waals surface area contributed by atoms with Gasteiger partial charge in [-0.1, -0.05) is 30.3 Å². The van der Waals surface area contributed by atoms with Crippen LogP contribution in [0.25, 0.3) is 0 Å². The summed E-state index contributed by atoms with van der Waals surface area (Å²) in [6.07, 6.45) is 0.764. The van der Waals surface area contributed by atoms with Crippen molar-refractivity contribution in [3.63, 3.8) is 0 Å². The van der Waals surface area contributed by atoms with Crippen molar-refractivity contribution >= 4 is 21.6 Å². The van der Waals surface area contributed by atoms with Gasteiger partial charge < -0.3 is 4.90 Å². The van der Waals surface area contributed by atoms with Gasteiger partial charge >= 0.3 is 0 Å². The third kappa shape index (κ3) is 5.78. The number of carbonyl (C=O) groups excluding carboxylic acids is 1. The second kappa shape index (κ2) is 10.3. The van der Waals surface area contributed by atoms with E-state index in [9.17, 15) is 22.0 Å². The molecule has 3 aromatic carbocycles. The fraction of sp³-hybridized carbons (Fsp3) is 0.240. The van der Waals surface area contributed by atoms with Crippen molar-refractivity contribution in [1.29, 1.82) is 0 Å². The summed E-state index contributed by atoms with van der Waals surface area (Å²) in [7, 11) is -4.07. The second-order valence-corrected chi connectivity index (χ2v) is 9.84. The van der Waals surface area contributed by atoms with Crippen LogP contribution in [0.5, 0.6) is 0 Å².